The lowest BCUT2D eigenvalue weighted by atomic mass is 10.1. The van der Waals surface area contributed by atoms with Crippen LogP contribution in [0.2, 0.25) is 0 Å². The molecule has 0 radical (unpaired) electrons. The van der Waals surface area contributed by atoms with Gasteiger partial charge in [-0.15, -0.1) is 11.3 Å². The first kappa shape index (κ1) is 20.1. The van der Waals surface area contributed by atoms with Gasteiger partial charge >= 0.3 is 0 Å². The number of rotatable bonds is 7. The number of aromatic nitrogens is 2. The van der Waals surface area contributed by atoms with Crippen molar-refractivity contribution in [3.63, 3.8) is 0 Å². The summed E-state index contributed by atoms with van der Waals surface area (Å²) in [5.41, 5.74) is 3.29. The fourth-order valence-electron chi connectivity index (χ4n) is 2.93. The number of nitrogens with one attached hydrogen (secondary N) is 2. The van der Waals surface area contributed by atoms with E-state index in [1.54, 1.807) is 11.3 Å². The molecule has 7 heteroatoms. The van der Waals surface area contributed by atoms with E-state index in [2.05, 4.69) is 46.1 Å². The van der Waals surface area contributed by atoms with Crippen molar-refractivity contribution in [1.82, 2.24) is 20.6 Å². The average molecular weight is 397 g/mol. The van der Waals surface area contributed by atoms with Crippen LogP contribution in [0.4, 0.5) is 5.82 Å². The van der Waals surface area contributed by atoms with Crippen LogP contribution in [0.15, 0.2) is 40.7 Å². The molecule has 2 aromatic heterocycles. The van der Waals surface area contributed by atoms with E-state index in [9.17, 15) is 0 Å². The number of aryl methyl sites for hydroxylation is 1. The Morgan fingerprint density at radius 2 is 2.00 bits per heavy atom. The minimum absolute atomic E-state index is 0.592. The van der Waals surface area contributed by atoms with Gasteiger partial charge in [0.1, 0.15) is 5.82 Å². The summed E-state index contributed by atoms with van der Waals surface area (Å²) in [6.45, 7) is 6.33. The molecule has 0 unspecified atom stereocenters. The van der Waals surface area contributed by atoms with Gasteiger partial charge in [-0.25, -0.2) is 15.0 Å². The second kappa shape index (κ2) is 9.50. The number of nitrogens with zero attached hydrogens (tertiary/aromatic N) is 4. The summed E-state index contributed by atoms with van der Waals surface area (Å²) in [6, 6.07) is 10.3. The van der Waals surface area contributed by atoms with E-state index < -0.39 is 0 Å². The van der Waals surface area contributed by atoms with Crippen LogP contribution < -0.4 is 15.5 Å². The van der Waals surface area contributed by atoms with E-state index in [0.29, 0.717) is 6.54 Å². The van der Waals surface area contributed by atoms with Gasteiger partial charge in [-0.3, -0.25) is 0 Å². The highest BCUT2D eigenvalue weighted by Crippen LogP contribution is 2.22. The molecule has 2 heterocycles. The van der Waals surface area contributed by atoms with Gasteiger partial charge in [-0.05, 0) is 31.5 Å². The van der Waals surface area contributed by atoms with Crippen molar-refractivity contribution in [1.29, 1.82) is 0 Å². The SMILES string of the molecule is CCNC(=NCc1cc(N(C)C)nc2ccccc12)NCCc1csc(C)n1. The Labute approximate surface area is 170 Å². The van der Waals surface area contributed by atoms with Crippen molar-refractivity contribution >= 4 is 34.0 Å². The summed E-state index contributed by atoms with van der Waals surface area (Å²) >= 11 is 1.69. The number of benzene rings is 1. The van der Waals surface area contributed by atoms with E-state index in [4.69, 9.17) is 9.98 Å². The molecule has 0 bridgehead atoms. The van der Waals surface area contributed by atoms with Crippen LogP contribution >= 0.6 is 11.3 Å². The van der Waals surface area contributed by atoms with E-state index >= 15 is 0 Å². The highest BCUT2D eigenvalue weighted by molar-refractivity contribution is 7.09. The summed E-state index contributed by atoms with van der Waals surface area (Å²) < 4.78 is 0. The van der Waals surface area contributed by atoms with Crippen LogP contribution in [0, 0.1) is 6.92 Å². The maximum absolute atomic E-state index is 4.80. The van der Waals surface area contributed by atoms with Gasteiger partial charge in [0.05, 0.1) is 22.8 Å². The Kier molecular flexibility index (Phi) is 6.81. The molecule has 28 heavy (non-hydrogen) atoms. The Bertz CT molecular complexity index is 947. The molecule has 0 aliphatic heterocycles. The molecule has 1 aromatic carbocycles. The minimum Gasteiger partial charge on any atom is -0.363 e. The molecule has 0 saturated carbocycles. The first-order valence-corrected chi connectivity index (χ1v) is 10.4. The Morgan fingerprint density at radius 1 is 1.18 bits per heavy atom. The third-order valence-electron chi connectivity index (χ3n) is 4.34. The van der Waals surface area contributed by atoms with E-state index in [1.165, 1.54) is 5.56 Å². The van der Waals surface area contributed by atoms with Crippen molar-refractivity contribution < 1.29 is 0 Å². The number of aliphatic imine (C=N–C) groups is 1. The molecular formula is C21H28N6S. The molecule has 0 saturated heterocycles. The first-order valence-electron chi connectivity index (χ1n) is 9.56. The molecule has 3 aromatic rings. The Hall–Kier alpha value is -2.67. The average Bonchev–Trinajstić information content (AvgIpc) is 3.10. The minimum atomic E-state index is 0.592. The first-order chi connectivity index (χ1) is 13.6. The number of thiazole rings is 1. The maximum atomic E-state index is 4.80. The fraction of sp³-hybridized carbons (Fsp3) is 0.381. The number of hydrogen-bond acceptors (Lipinski definition) is 5. The predicted molar refractivity (Wildman–Crippen MR) is 119 cm³/mol. The van der Waals surface area contributed by atoms with E-state index in [0.717, 1.165) is 52.9 Å². The van der Waals surface area contributed by atoms with Gasteiger partial charge in [-0.2, -0.15) is 0 Å². The van der Waals surface area contributed by atoms with E-state index in [1.807, 2.05) is 38.1 Å². The van der Waals surface area contributed by atoms with Crippen LogP contribution in [0.5, 0.6) is 0 Å². The molecular weight excluding hydrogens is 368 g/mol. The molecule has 0 spiro atoms. The second-order valence-electron chi connectivity index (χ2n) is 6.78. The Morgan fingerprint density at radius 3 is 2.71 bits per heavy atom. The van der Waals surface area contributed by atoms with Crippen molar-refractivity contribution in [3.8, 4) is 0 Å². The van der Waals surface area contributed by atoms with Crippen LogP contribution in [0.1, 0.15) is 23.2 Å². The molecule has 0 aliphatic rings. The van der Waals surface area contributed by atoms with Gasteiger partial charge in [0.2, 0.25) is 0 Å². The van der Waals surface area contributed by atoms with Crippen LogP contribution in [-0.2, 0) is 13.0 Å². The lowest BCUT2D eigenvalue weighted by Crippen LogP contribution is -2.38. The molecule has 3 rings (SSSR count). The van der Waals surface area contributed by atoms with Crippen LogP contribution in [0.25, 0.3) is 10.9 Å². The quantitative estimate of drug-likeness (QED) is 0.474. The standard InChI is InChI=1S/C21H28N6S/c1-5-22-21(23-11-10-17-14-28-15(2)25-17)24-13-16-12-20(27(3)4)26-19-9-7-6-8-18(16)19/h6-9,12,14H,5,10-11,13H2,1-4H3,(H2,22,23,24). The third-order valence-corrected chi connectivity index (χ3v) is 5.16. The van der Waals surface area contributed by atoms with Gasteiger partial charge < -0.3 is 15.5 Å². The highest BCUT2D eigenvalue weighted by atomic mass is 32.1. The topological polar surface area (TPSA) is 65.4 Å². The highest BCUT2D eigenvalue weighted by Gasteiger charge is 2.07. The normalized spacial score (nSPS) is 11.6. The molecule has 2 N–H and O–H groups in total. The van der Waals surface area contributed by atoms with Crippen molar-refractivity contribution in [2.45, 2.75) is 26.8 Å². The lowest BCUT2D eigenvalue weighted by Gasteiger charge is -2.15. The number of anilines is 1. The van der Waals surface area contributed by atoms with Gasteiger partial charge in [0, 0.05) is 44.4 Å². The van der Waals surface area contributed by atoms with Crippen molar-refractivity contribution in [2.75, 3.05) is 32.1 Å². The van der Waals surface area contributed by atoms with Gasteiger partial charge in [0.15, 0.2) is 5.96 Å². The molecule has 0 amide bonds. The molecule has 6 nitrogen and oxygen atoms in total. The largest absolute Gasteiger partial charge is 0.363 e. The zero-order valence-electron chi connectivity index (χ0n) is 17.0. The fourth-order valence-corrected chi connectivity index (χ4v) is 3.58. The summed E-state index contributed by atoms with van der Waals surface area (Å²) in [5.74, 6) is 1.77. The summed E-state index contributed by atoms with van der Waals surface area (Å²) in [7, 11) is 4.02. The molecule has 0 aliphatic carbocycles. The lowest BCUT2D eigenvalue weighted by molar-refractivity contribution is 0.790. The van der Waals surface area contributed by atoms with Gasteiger partial charge in [-0.1, -0.05) is 18.2 Å². The van der Waals surface area contributed by atoms with Crippen molar-refractivity contribution in [2.24, 2.45) is 4.99 Å². The predicted octanol–water partition coefficient (Wildman–Crippen LogP) is 3.36. The zero-order valence-corrected chi connectivity index (χ0v) is 17.8. The van der Waals surface area contributed by atoms with Crippen molar-refractivity contribution in [3.05, 3.63) is 52.0 Å². The number of fused-ring (bicyclic) bond motifs is 1. The summed E-state index contributed by atoms with van der Waals surface area (Å²) in [6.07, 6.45) is 0.887. The number of hydrogen-bond donors (Lipinski definition) is 2. The van der Waals surface area contributed by atoms with E-state index in [-0.39, 0.29) is 0 Å². The zero-order chi connectivity index (χ0) is 19.9. The summed E-state index contributed by atoms with van der Waals surface area (Å²) in [4.78, 5) is 16.1. The van der Waals surface area contributed by atoms with Crippen LogP contribution in [0.3, 0.4) is 0 Å². The second-order valence-corrected chi connectivity index (χ2v) is 7.84. The van der Waals surface area contributed by atoms with Gasteiger partial charge in [0.25, 0.3) is 0 Å². The third kappa shape index (κ3) is 5.19. The number of pyridine rings is 1. The summed E-state index contributed by atoms with van der Waals surface area (Å²) in [5, 5.41) is 11.1. The number of para-hydroxylation sites is 1. The van der Waals surface area contributed by atoms with Crippen LogP contribution in [-0.4, -0.2) is 43.1 Å². The molecule has 0 fully saturated rings. The molecule has 0 atom stereocenters. The number of guanidine groups is 1. The monoisotopic (exact) mass is 396 g/mol. The molecule has 148 valence electrons. The smallest absolute Gasteiger partial charge is 0.191 e. The maximum Gasteiger partial charge on any atom is 0.191 e. The Balaban J connectivity index is 1.74.